The van der Waals surface area contributed by atoms with Gasteiger partial charge in [-0.15, -0.1) is 0 Å². The maximum atomic E-state index is 5.49. The first-order valence-corrected chi connectivity index (χ1v) is 6.77. The molecule has 0 aliphatic heterocycles. The van der Waals surface area contributed by atoms with Crippen molar-refractivity contribution in [1.29, 1.82) is 0 Å². The van der Waals surface area contributed by atoms with Crippen molar-refractivity contribution in [3.63, 3.8) is 0 Å². The van der Waals surface area contributed by atoms with Gasteiger partial charge in [0.1, 0.15) is 5.65 Å². The minimum Gasteiger partial charge on any atom is -0.377 e. The summed E-state index contributed by atoms with van der Waals surface area (Å²) in [7, 11) is 1.76. The van der Waals surface area contributed by atoms with Crippen LogP contribution in [0.5, 0.6) is 0 Å². The van der Waals surface area contributed by atoms with Gasteiger partial charge in [-0.25, -0.2) is 4.98 Å². The van der Waals surface area contributed by atoms with E-state index in [1.807, 2.05) is 0 Å². The Balaban J connectivity index is 2.18. The lowest BCUT2D eigenvalue weighted by Gasteiger charge is -2.13. The molecule has 2 aromatic heterocycles. The third-order valence-corrected chi connectivity index (χ3v) is 3.85. The summed E-state index contributed by atoms with van der Waals surface area (Å²) in [5.74, 6) is 0.754. The van der Waals surface area contributed by atoms with Crippen LogP contribution in [0.25, 0.3) is 5.65 Å². The van der Waals surface area contributed by atoms with E-state index in [9.17, 15) is 0 Å². The number of aryl methyl sites for hydroxylation is 1. The number of hydrogen-bond donors (Lipinski definition) is 0. The second-order valence-corrected chi connectivity index (χ2v) is 5.20. The van der Waals surface area contributed by atoms with E-state index in [1.165, 1.54) is 24.0 Å². The summed E-state index contributed by atoms with van der Waals surface area (Å²) in [6.45, 7) is 4.23. The molecule has 3 heteroatoms. The summed E-state index contributed by atoms with van der Waals surface area (Å²) in [5, 5.41) is 0. The van der Waals surface area contributed by atoms with Crippen LogP contribution in [-0.2, 0) is 11.2 Å². The Morgan fingerprint density at radius 1 is 1.44 bits per heavy atom. The van der Waals surface area contributed by atoms with Crippen molar-refractivity contribution in [2.75, 3.05) is 7.11 Å². The second-order valence-electron chi connectivity index (χ2n) is 5.20. The summed E-state index contributed by atoms with van der Waals surface area (Å²) in [6, 6.07) is 2.29. The smallest absolute Gasteiger partial charge is 0.142 e. The minimum atomic E-state index is 0.0957. The molecular formula is C15H20N2O. The quantitative estimate of drug-likeness (QED) is 0.823. The van der Waals surface area contributed by atoms with Crippen molar-refractivity contribution in [3.8, 4) is 0 Å². The van der Waals surface area contributed by atoms with Crippen LogP contribution in [0.3, 0.4) is 0 Å². The van der Waals surface area contributed by atoms with Gasteiger partial charge in [0.15, 0.2) is 0 Å². The molecule has 1 aliphatic carbocycles. The molecule has 0 spiro atoms. The molecule has 0 radical (unpaired) electrons. The fourth-order valence-corrected chi connectivity index (χ4v) is 2.43. The lowest BCUT2D eigenvalue weighted by atomic mass is 10.1. The number of rotatable bonds is 4. The van der Waals surface area contributed by atoms with Crippen LogP contribution in [-0.4, -0.2) is 16.5 Å². The van der Waals surface area contributed by atoms with Gasteiger partial charge in [0.2, 0.25) is 0 Å². The molecule has 0 amide bonds. The molecule has 2 heterocycles. The topological polar surface area (TPSA) is 26.5 Å². The summed E-state index contributed by atoms with van der Waals surface area (Å²) in [5.41, 5.74) is 4.83. The van der Waals surface area contributed by atoms with Gasteiger partial charge in [-0.05, 0) is 43.7 Å². The maximum Gasteiger partial charge on any atom is 0.142 e. The van der Waals surface area contributed by atoms with Gasteiger partial charge in [0.05, 0.1) is 11.8 Å². The Labute approximate surface area is 108 Å². The standard InChI is InChI=1S/C15H20N2O/c1-4-13-9-17-8-12(11-5-6-11)7-14(10(2)18-3)15(17)16-13/h7-11H,4-6H2,1-3H3. The zero-order chi connectivity index (χ0) is 12.7. The maximum absolute atomic E-state index is 5.49. The average molecular weight is 244 g/mol. The number of nitrogens with zero attached hydrogens (tertiary/aromatic N) is 2. The molecule has 0 N–H and O–H groups in total. The van der Waals surface area contributed by atoms with Crippen molar-refractivity contribution in [3.05, 3.63) is 35.3 Å². The van der Waals surface area contributed by atoms with Crippen LogP contribution >= 0.6 is 0 Å². The molecule has 1 fully saturated rings. The molecule has 3 rings (SSSR count). The summed E-state index contributed by atoms with van der Waals surface area (Å²) in [4.78, 5) is 4.70. The number of imidazole rings is 1. The Hall–Kier alpha value is -1.35. The van der Waals surface area contributed by atoms with E-state index in [-0.39, 0.29) is 6.10 Å². The molecule has 1 atom stereocenters. The molecule has 1 aliphatic rings. The van der Waals surface area contributed by atoms with Crippen molar-refractivity contribution >= 4 is 5.65 Å². The Morgan fingerprint density at radius 2 is 2.22 bits per heavy atom. The highest BCUT2D eigenvalue weighted by molar-refractivity contribution is 5.52. The van der Waals surface area contributed by atoms with Gasteiger partial charge in [-0.2, -0.15) is 0 Å². The zero-order valence-corrected chi connectivity index (χ0v) is 11.3. The second kappa shape index (κ2) is 4.39. The fourth-order valence-electron chi connectivity index (χ4n) is 2.43. The minimum absolute atomic E-state index is 0.0957. The van der Waals surface area contributed by atoms with Crippen molar-refractivity contribution in [2.45, 2.75) is 45.1 Å². The Kier molecular flexibility index (Phi) is 2.86. The van der Waals surface area contributed by atoms with Gasteiger partial charge in [0, 0.05) is 25.1 Å². The predicted octanol–water partition coefficient (Wildman–Crippen LogP) is 3.48. The number of methoxy groups -OCH3 is 1. The molecule has 3 nitrogen and oxygen atoms in total. The highest BCUT2D eigenvalue weighted by Gasteiger charge is 2.25. The third kappa shape index (κ3) is 1.93. The van der Waals surface area contributed by atoms with E-state index in [0.717, 1.165) is 23.7 Å². The van der Waals surface area contributed by atoms with Crippen LogP contribution in [0.2, 0.25) is 0 Å². The van der Waals surface area contributed by atoms with Crippen molar-refractivity contribution in [1.82, 2.24) is 9.38 Å². The zero-order valence-electron chi connectivity index (χ0n) is 11.3. The summed E-state index contributed by atoms with van der Waals surface area (Å²) < 4.78 is 7.67. The molecule has 2 aromatic rings. The number of aromatic nitrogens is 2. The summed E-state index contributed by atoms with van der Waals surface area (Å²) in [6.07, 6.45) is 8.10. The van der Waals surface area contributed by atoms with Crippen LogP contribution in [0.15, 0.2) is 18.5 Å². The largest absolute Gasteiger partial charge is 0.377 e. The molecule has 18 heavy (non-hydrogen) atoms. The third-order valence-electron chi connectivity index (χ3n) is 3.85. The van der Waals surface area contributed by atoms with Crippen molar-refractivity contribution < 1.29 is 4.74 Å². The van der Waals surface area contributed by atoms with E-state index in [2.05, 4.69) is 36.7 Å². The fraction of sp³-hybridized carbons (Fsp3) is 0.533. The SMILES string of the molecule is CCc1cn2cc(C3CC3)cc(C(C)OC)c2n1. The van der Waals surface area contributed by atoms with Crippen molar-refractivity contribution in [2.24, 2.45) is 0 Å². The van der Waals surface area contributed by atoms with E-state index in [4.69, 9.17) is 9.72 Å². The Morgan fingerprint density at radius 3 is 2.83 bits per heavy atom. The van der Waals surface area contributed by atoms with Gasteiger partial charge in [-0.3, -0.25) is 0 Å². The van der Waals surface area contributed by atoms with Crippen LogP contribution in [0.4, 0.5) is 0 Å². The van der Waals surface area contributed by atoms with Gasteiger partial charge in [-0.1, -0.05) is 6.92 Å². The molecule has 0 bridgehead atoms. The normalized spacial score (nSPS) is 17.3. The van der Waals surface area contributed by atoms with Crippen LogP contribution < -0.4 is 0 Å². The average Bonchev–Trinajstić information content (AvgIpc) is 3.16. The van der Waals surface area contributed by atoms with Gasteiger partial charge < -0.3 is 9.14 Å². The highest BCUT2D eigenvalue weighted by atomic mass is 16.5. The lowest BCUT2D eigenvalue weighted by Crippen LogP contribution is -2.01. The van der Waals surface area contributed by atoms with E-state index >= 15 is 0 Å². The first kappa shape index (κ1) is 11.7. The Bertz CT molecular complexity index is 569. The number of fused-ring (bicyclic) bond motifs is 1. The van der Waals surface area contributed by atoms with Gasteiger partial charge in [0.25, 0.3) is 0 Å². The monoisotopic (exact) mass is 244 g/mol. The molecule has 1 unspecified atom stereocenters. The lowest BCUT2D eigenvalue weighted by molar-refractivity contribution is 0.120. The molecule has 96 valence electrons. The van der Waals surface area contributed by atoms with Gasteiger partial charge >= 0.3 is 0 Å². The van der Waals surface area contributed by atoms with Crippen LogP contribution in [0.1, 0.15) is 55.5 Å². The first-order chi connectivity index (χ1) is 8.72. The molecule has 1 saturated carbocycles. The number of ether oxygens (including phenoxy) is 1. The molecule has 0 aromatic carbocycles. The first-order valence-electron chi connectivity index (χ1n) is 6.77. The van der Waals surface area contributed by atoms with Crippen LogP contribution in [0, 0.1) is 0 Å². The predicted molar refractivity (Wildman–Crippen MR) is 72.0 cm³/mol. The number of hydrogen-bond acceptors (Lipinski definition) is 2. The molecule has 0 saturated heterocycles. The molecular weight excluding hydrogens is 224 g/mol. The van der Waals surface area contributed by atoms with E-state index in [1.54, 1.807) is 7.11 Å². The van der Waals surface area contributed by atoms with E-state index < -0.39 is 0 Å². The summed E-state index contributed by atoms with van der Waals surface area (Å²) >= 11 is 0. The highest BCUT2D eigenvalue weighted by Crippen LogP contribution is 2.41. The number of pyridine rings is 1. The van der Waals surface area contributed by atoms with E-state index in [0.29, 0.717) is 0 Å².